The Kier molecular flexibility index (Phi) is 7.55. The third kappa shape index (κ3) is 5.40. The average molecular weight is 478 g/mol. The molecular weight excluding hydrogens is 442 g/mol. The lowest BCUT2D eigenvalue weighted by Crippen LogP contribution is -2.59. The third-order valence-electron chi connectivity index (χ3n) is 6.95. The predicted molar refractivity (Wildman–Crippen MR) is 133 cm³/mol. The molecule has 2 saturated heterocycles. The lowest BCUT2D eigenvalue weighted by atomic mass is 9.95. The maximum absolute atomic E-state index is 13.9. The standard InChI is InChI=1S/C28H35N3O4/c1-20(2)17-25(32)30-15-13-28(14-16-30)31(27(34)23-12-8-7-9-21(23)3)24(19-35-28)26(33)29-18-22-10-5-4-6-11-22/h4-12,20,24H,13-19H2,1-3H3,(H,29,33). The van der Waals surface area contributed by atoms with Gasteiger partial charge in [-0.15, -0.1) is 0 Å². The first-order valence-electron chi connectivity index (χ1n) is 12.4. The monoisotopic (exact) mass is 477 g/mol. The highest BCUT2D eigenvalue weighted by atomic mass is 16.5. The van der Waals surface area contributed by atoms with E-state index in [1.807, 2.05) is 74.2 Å². The summed E-state index contributed by atoms with van der Waals surface area (Å²) in [6.07, 6.45) is 1.47. The van der Waals surface area contributed by atoms with Crippen molar-refractivity contribution in [3.05, 3.63) is 71.3 Å². The van der Waals surface area contributed by atoms with E-state index in [9.17, 15) is 14.4 Å². The summed E-state index contributed by atoms with van der Waals surface area (Å²) < 4.78 is 6.28. The number of benzene rings is 2. The Balaban J connectivity index is 1.56. The summed E-state index contributed by atoms with van der Waals surface area (Å²) in [5, 5.41) is 2.99. The molecule has 1 N–H and O–H groups in total. The Hall–Kier alpha value is -3.19. The topological polar surface area (TPSA) is 79.0 Å². The van der Waals surface area contributed by atoms with Gasteiger partial charge in [0.25, 0.3) is 5.91 Å². The van der Waals surface area contributed by atoms with Gasteiger partial charge in [0.15, 0.2) is 0 Å². The van der Waals surface area contributed by atoms with Gasteiger partial charge in [0.1, 0.15) is 11.8 Å². The number of carbonyl (C=O) groups is 3. The van der Waals surface area contributed by atoms with Gasteiger partial charge in [0, 0.05) is 44.5 Å². The predicted octanol–water partition coefficient (Wildman–Crippen LogP) is 3.52. The minimum absolute atomic E-state index is 0.127. The molecule has 1 spiro atoms. The van der Waals surface area contributed by atoms with E-state index < -0.39 is 11.8 Å². The molecule has 2 aromatic rings. The molecule has 7 nitrogen and oxygen atoms in total. The van der Waals surface area contributed by atoms with Crippen LogP contribution >= 0.6 is 0 Å². The fraction of sp³-hybridized carbons (Fsp3) is 0.464. The molecule has 2 aliphatic rings. The number of amides is 3. The van der Waals surface area contributed by atoms with Gasteiger partial charge in [-0.25, -0.2) is 0 Å². The van der Waals surface area contributed by atoms with Crippen molar-refractivity contribution in [3.8, 4) is 0 Å². The van der Waals surface area contributed by atoms with Gasteiger partial charge >= 0.3 is 0 Å². The van der Waals surface area contributed by atoms with Crippen molar-refractivity contribution in [2.45, 2.75) is 58.3 Å². The van der Waals surface area contributed by atoms with Crippen LogP contribution in [-0.4, -0.2) is 59.0 Å². The van der Waals surface area contributed by atoms with Crippen molar-refractivity contribution in [3.63, 3.8) is 0 Å². The second-order valence-corrected chi connectivity index (χ2v) is 9.95. The van der Waals surface area contributed by atoms with Gasteiger partial charge in [0.2, 0.25) is 11.8 Å². The van der Waals surface area contributed by atoms with Crippen LogP contribution in [-0.2, 0) is 20.9 Å². The second kappa shape index (κ2) is 10.6. The van der Waals surface area contributed by atoms with Crippen LogP contribution in [0, 0.1) is 12.8 Å². The van der Waals surface area contributed by atoms with Crippen LogP contribution in [0.25, 0.3) is 0 Å². The lowest BCUT2D eigenvalue weighted by molar-refractivity contribution is -0.144. The van der Waals surface area contributed by atoms with Gasteiger partial charge in [-0.05, 0) is 30.0 Å². The van der Waals surface area contributed by atoms with Crippen LogP contribution in [0.2, 0.25) is 0 Å². The largest absolute Gasteiger partial charge is 0.353 e. The van der Waals surface area contributed by atoms with Gasteiger partial charge in [0.05, 0.1) is 6.61 Å². The quantitative estimate of drug-likeness (QED) is 0.691. The van der Waals surface area contributed by atoms with E-state index in [0.717, 1.165) is 11.1 Å². The van der Waals surface area contributed by atoms with Crippen molar-refractivity contribution >= 4 is 17.7 Å². The Morgan fingerprint density at radius 3 is 2.34 bits per heavy atom. The highest BCUT2D eigenvalue weighted by Gasteiger charge is 2.54. The Labute approximate surface area is 207 Å². The van der Waals surface area contributed by atoms with E-state index in [1.54, 1.807) is 11.0 Å². The molecule has 35 heavy (non-hydrogen) atoms. The zero-order valence-electron chi connectivity index (χ0n) is 20.8. The lowest BCUT2D eigenvalue weighted by Gasteiger charge is -2.44. The zero-order chi connectivity index (χ0) is 25.0. The summed E-state index contributed by atoms with van der Waals surface area (Å²) in [7, 11) is 0. The maximum Gasteiger partial charge on any atom is 0.257 e. The molecule has 186 valence electrons. The van der Waals surface area contributed by atoms with Gasteiger partial charge in [-0.3, -0.25) is 19.3 Å². The molecule has 0 radical (unpaired) electrons. The third-order valence-corrected chi connectivity index (χ3v) is 6.95. The van der Waals surface area contributed by atoms with Crippen LogP contribution in [0.15, 0.2) is 54.6 Å². The van der Waals surface area contributed by atoms with E-state index in [-0.39, 0.29) is 30.2 Å². The SMILES string of the molecule is Cc1ccccc1C(=O)N1C(C(=O)NCc2ccccc2)COC12CCN(C(=O)CC(C)C)CC2. The Morgan fingerprint density at radius 1 is 1.03 bits per heavy atom. The van der Waals surface area contributed by atoms with E-state index in [4.69, 9.17) is 4.74 Å². The first-order valence-corrected chi connectivity index (χ1v) is 12.4. The zero-order valence-corrected chi connectivity index (χ0v) is 20.8. The molecular formula is C28H35N3O4. The smallest absolute Gasteiger partial charge is 0.257 e. The van der Waals surface area contributed by atoms with E-state index in [0.29, 0.717) is 44.5 Å². The summed E-state index contributed by atoms with van der Waals surface area (Å²) in [6.45, 7) is 7.48. The minimum Gasteiger partial charge on any atom is -0.353 e. The van der Waals surface area contributed by atoms with Gasteiger partial charge < -0.3 is 15.0 Å². The van der Waals surface area contributed by atoms with E-state index in [2.05, 4.69) is 5.32 Å². The van der Waals surface area contributed by atoms with Gasteiger partial charge in [-0.1, -0.05) is 62.4 Å². The fourth-order valence-corrected chi connectivity index (χ4v) is 5.00. The van der Waals surface area contributed by atoms with Crippen molar-refractivity contribution < 1.29 is 19.1 Å². The number of likely N-dealkylation sites (tertiary alicyclic amines) is 1. The summed E-state index contributed by atoms with van der Waals surface area (Å²) in [5.74, 6) is -0.0203. The molecule has 4 rings (SSSR count). The second-order valence-electron chi connectivity index (χ2n) is 9.95. The molecule has 2 fully saturated rings. The summed E-state index contributed by atoms with van der Waals surface area (Å²) >= 11 is 0. The van der Waals surface area contributed by atoms with Crippen molar-refractivity contribution in [2.24, 2.45) is 5.92 Å². The molecule has 0 aromatic heterocycles. The van der Waals surface area contributed by atoms with Crippen molar-refractivity contribution in [2.75, 3.05) is 19.7 Å². The number of hydrogen-bond donors (Lipinski definition) is 1. The minimum atomic E-state index is -0.900. The van der Waals surface area contributed by atoms with Crippen LogP contribution in [0.4, 0.5) is 0 Å². The Morgan fingerprint density at radius 2 is 1.69 bits per heavy atom. The number of aryl methyl sites for hydroxylation is 1. The van der Waals surface area contributed by atoms with Gasteiger partial charge in [-0.2, -0.15) is 0 Å². The molecule has 2 heterocycles. The molecule has 2 aromatic carbocycles. The number of rotatable bonds is 6. The molecule has 2 aliphatic heterocycles. The number of hydrogen-bond acceptors (Lipinski definition) is 4. The summed E-state index contributed by atoms with van der Waals surface area (Å²) in [5.41, 5.74) is 1.51. The highest BCUT2D eigenvalue weighted by Crippen LogP contribution is 2.39. The molecule has 0 saturated carbocycles. The van der Waals surface area contributed by atoms with Crippen molar-refractivity contribution in [1.82, 2.24) is 15.1 Å². The van der Waals surface area contributed by atoms with Crippen LogP contribution < -0.4 is 5.32 Å². The summed E-state index contributed by atoms with van der Waals surface area (Å²) in [6, 6.07) is 16.4. The number of nitrogens with zero attached hydrogens (tertiary/aromatic N) is 2. The first kappa shape index (κ1) is 24.9. The first-order chi connectivity index (χ1) is 16.8. The Bertz CT molecular complexity index is 1060. The van der Waals surface area contributed by atoms with Crippen LogP contribution in [0.5, 0.6) is 0 Å². The molecule has 1 unspecified atom stereocenters. The fourth-order valence-electron chi connectivity index (χ4n) is 5.00. The maximum atomic E-state index is 13.9. The molecule has 3 amide bonds. The summed E-state index contributed by atoms with van der Waals surface area (Å²) in [4.78, 5) is 43.3. The van der Waals surface area contributed by atoms with E-state index >= 15 is 0 Å². The van der Waals surface area contributed by atoms with Crippen LogP contribution in [0.1, 0.15) is 54.6 Å². The average Bonchev–Trinajstić information content (AvgIpc) is 3.21. The molecule has 0 bridgehead atoms. The molecule has 1 atom stereocenters. The molecule has 0 aliphatic carbocycles. The number of carbonyl (C=O) groups excluding carboxylic acids is 3. The van der Waals surface area contributed by atoms with Crippen LogP contribution in [0.3, 0.4) is 0 Å². The number of ether oxygens (including phenoxy) is 1. The van der Waals surface area contributed by atoms with E-state index in [1.165, 1.54) is 0 Å². The normalized spacial score (nSPS) is 19.3. The highest BCUT2D eigenvalue weighted by molar-refractivity contribution is 5.99. The molecule has 7 heteroatoms. The number of piperidine rings is 1. The van der Waals surface area contributed by atoms with Crippen molar-refractivity contribution in [1.29, 1.82) is 0 Å². The number of nitrogens with one attached hydrogen (secondary N) is 1.